The van der Waals surface area contributed by atoms with Crippen molar-refractivity contribution in [3.8, 4) is 0 Å². The molecule has 2 aromatic rings. The van der Waals surface area contributed by atoms with Gasteiger partial charge in [0.25, 0.3) is 0 Å². The monoisotopic (exact) mass is 374 g/mol. The molecule has 4 atom stereocenters. The zero-order valence-electron chi connectivity index (χ0n) is 15.8. The molecule has 6 heteroatoms. The highest BCUT2D eigenvalue weighted by atomic mass is 35.5. The molecule has 0 radical (unpaired) electrons. The first kappa shape index (κ1) is 18.9. The molecule has 3 rings (SSSR count). The summed E-state index contributed by atoms with van der Waals surface area (Å²) in [5, 5.41) is 8.37. The maximum Gasteiger partial charge on any atom is 0.227 e. The quantitative estimate of drug-likeness (QED) is 0.875. The minimum Gasteiger partial charge on any atom is -0.342 e. The maximum atomic E-state index is 13.2. The molecule has 0 bridgehead atoms. The van der Waals surface area contributed by atoms with Gasteiger partial charge in [0.2, 0.25) is 5.91 Å². The first-order chi connectivity index (χ1) is 12.4. The standard InChI is InChI=1S/C20H27ClN4O/c1-13(15-5-7-17(21)8-6-15)14(2)25(4)20(26)19-11-22-10-18(19)16-9-23-24(3)12-16/h5-9,12-14,18-19,22H,10-11H2,1-4H3/t13?,14?,18-,19+/m1/s1. The molecule has 1 aliphatic heterocycles. The minimum atomic E-state index is -0.0518. The van der Waals surface area contributed by atoms with Crippen LogP contribution in [0, 0.1) is 5.92 Å². The van der Waals surface area contributed by atoms with Gasteiger partial charge < -0.3 is 10.2 Å². The van der Waals surface area contributed by atoms with Gasteiger partial charge in [0.15, 0.2) is 0 Å². The fraction of sp³-hybridized carbons (Fsp3) is 0.500. The number of aryl methyl sites for hydroxylation is 1. The van der Waals surface area contributed by atoms with Gasteiger partial charge in [-0.05, 0) is 30.2 Å². The van der Waals surface area contributed by atoms with Gasteiger partial charge in [-0.15, -0.1) is 0 Å². The van der Waals surface area contributed by atoms with E-state index in [1.165, 1.54) is 5.56 Å². The van der Waals surface area contributed by atoms with Gasteiger partial charge in [-0.25, -0.2) is 0 Å². The smallest absolute Gasteiger partial charge is 0.227 e. The number of benzene rings is 1. The molecule has 1 fully saturated rings. The Morgan fingerprint density at radius 1 is 1.31 bits per heavy atom. The van der Waals surface area contributed by atoms with Crippen LogP contribution in [0.1, 0.15) is 36.8 Å². The van der Waals surface area contributed by atoms with Crippen molar-refractivity contribution >= 4 is 17.5 Å². The van der Waals surface area contributed by atoms with E-state index in [9.17, 15) is 4.79 Å². The summed E-state index contributed by atoms with van der Waals surface area (Å²) in [4.78, 5) is 15.1. The predicted octanol–water partition coefficient (Wildman–Crippen LogP) is 3.03. The van der Waals surface area contributed by atoms with Crippen LogP contribution >= 0.6 is 11.6 Å². The second-order valence-electron chi connectivity index (χ2n) is 7.35. The van der Waals surface area contributed by atoms with Crippen LogP contribution in [-0.4, -0.2) is 46.8 Å². The molecule has 5 nitrogen and oxygen atoms in total. The Bertz CT molecular complexity index is 757. The molecule has 2 heterocycles. The van der Waals surface area contributed by atoms with Crippen LogP contribution in [0.4, 0.5) is 0 Å². The summed E-state index contributed by atoms with van der Waals surface area (Å²) in [6.45, 7) is 5.80. The van der Waals surface area contributed by atoms with Crippen molar-refractivity contribution in [3.05, 3.63) is 52.8 Å². The Labute approximate surface area is 160 Å². The third kappa shape index (κ3) is 3.79. The van der Waals surface area contributed by atoms with E-state index in [0.717, 1.165) is 17.1 Å². The summed E-state index contributed by atoms with van der Waals surface area (Å²) in [5.74, 6) is 0.547. The predicted molar refractivity (Wildman–Crippen MR) is 104 cm³/mol. The van der Waals surface area contributed by atoms with E-state index in [0.29, 0.717) is 6.54 Å². The van der Waals surface area contributed by atoms with Crippen LogP contribution in [-0.2, 0) is 11.8 Å². The number of carbonyl (C=O) groups excluding carboxylic acids is 1. The number of amides is 1. The minimum absolute atomic E-state index is 0.0518. The molecular weight excluding hydrogens is 348 g/mol. The molecule has 0 aliphatic carbocycles. The lowest BCUT2D eigenvalue weighted by atomic mass is 9.88. The van der Waals surface area contributed by atoms with Gasteiger partial charge in [-0.1, -0.05) is 30.7 Å². The average molecular weight is 375 g/mol. The molecule has 1 aromatic carbocycles. The molecule has 0 spiro atoms. The summed E-state index contributed by atoms with van der Waals surface area (Å²) in [7, 11) is 3.82. The Balaban J connectivity index is 1.72. The van der Waals surface area contributed by atoms with Crippen LogP contribution in [0.5, 0.6) is 0 Å². The van der Waals surface area contributed by atoms with Crippen molar-refractivity contribution in [2.24, 2.45) is 13.0 Å². The van der Waals surface area contributed by atoms with E-state index in [1.807, 2.05) is 55.7 Å². The molecule has 1 amide bonds. The normalized spacial score (nSPS) is 22.2. The number of carbonyl (C=O) groups is 1. The van der Waals surface area contributed by atoms with E-state index >= 15 is 0 Å². The molecule has 1 saturated heterocycles. The third-order valence-corrected chi connectivity index (χ3v) is 6.01. The summed E-state index contributed by atoms with van der Waals surface area (Å²) in [6.07, 6.45) is 3.88. The van der Waals surface area contributed by atoms with Crippen molar-refractivity contribution in [1.29, 1.82) is 0 Å². The fourth-order valence-corrected chi connectivity index (χ4v) is 3.89. The lowest BCUT2D eigenvalue weighted by molar-refractivity contribution is -0.136. The summed E-state index contributed by atoms with van der Waals surface area (Å²) < 4.78 is 1.80. The number of likely N-dealkylation sites (N-methyl/N-ethyl adjacent to an activating group) is 1. The first-order valence-electron chi connectivity index (χ1n) is 9.10. The molecule has 2 unspecified atom stereocenters. The highest BCUT2D eigenvalue weighted by molar-refractivity contribution is 6.30. The Hall–Kier alpha value is -1.85. The SMILES string of the molecule is CC(c1ccc(Cl)cc1)C(C)N(C)C(=O)[C@H]1CNC[C@@H]1c1cnn(C)c1. The van der Waals surface area contributed by atoms with Crippen LogP contribution < -0.4 is 5.32 Å². The van der Waals surface area contributed by atoms with Crippen LogP contribution in [0.2, 0.25) is 5.02 Å². The van der Waals surface area contributed by atoms with E-state index in [4.69, 9.17) is 11.6 Å². The average Bonchev–Trinajstić information content (AvgIpc) is 3.28. The van der Waals surface area contributed by atoms with Gasteiger partial charge >= 0.3 is 0 Å². The van der Waals surface area contributed by atoms with E-state index in [2.05, 4.69) is 24.3 Å². The Morgan fingerprint density at radius 3 is 2.62 bits per heavy atom. The molecular formula is C20H27ClN4O. The van der Waals surface area contributed by atoms with Crippen molar-refractivity contribution in [3.63, 3.8) is 0 Å². The number of rotatable bonds is 5. The number of halogens is 1. The van der Waals surface area contributed by atoms with Gasteiger partial charge in [0, 0.05) is 56.3 Å². The molecule has 0 saturated carbocycles. The third-order valence-electron chi connectivity index (χ3n) is 5.76. The van der Waals surface area contributed by atoms with E-state index in [-0.39, 0.29) is 29.7 Å². The van der Waals surface area contributed by atoms with Gasteiger partial charge in [0.1, 0.15) is 0 Å². The number of nitrogens with zero attached hydrogens (tertiary/aromatic N) is 3. The highest BCUT2D eigenvalue weighted by Crippen LogP contribution is 2.31. The number of hydrogen-bond donors (Lipinski definition) is 1. The molecule has 26 heavy (non-hydrogen) atoms. The largest absolute Gasteiger partial charge is 0.342 e. The lowest BCUT2D eigenvalue weighted by Crippen LogP contribution is -2.43. The number of aromatic nitrogens is 2. The van der Waals surface area contributed by atoms with Crippen LogP contribution in [0.3, 0.4) is 0 Å². The van der Waals surface area contributed by atoms with E-state index < -0.39 is 0 Å². The lowest BCUT2D eigenvalue weighted by Gasteiger charge is -2.33. The van der Waals surface area contributed by atoms with Crippen molar-refractivity contribution in [2.45, 2.75) is 31.7 Å². The Morgan fingerprint density at radius 2 is 2.00 bits per heavy atom. The number of nitrogens with one attached hydrogen (secondary N) is 1. The highest BCUT2D eigenvalue weighted by Gasteiger charge is 2.37. The molecule has 140 valence electrons. The van der Waals surface area contributed by atoms with Crippen LogP contribution in [0.25, 0.3) is 0 Å². The zero-order valence-corrected chi connectivity index (χ0v) is 16.6. The maximum absolute atomic E-state index is 13.2. The summed E-state index contributed by atoms with van der Waals surface area (Å²) in [5.41, 5.74) is 2.32. The van der Waals surface area contributed by atoms with E-state index in [1.54, 1.807) is 4.68 Å². The van der Waals surface area contributed by atoms with Crippen LogP contribution in [0.15, 0.2) is 36.7 Å². The van der Waals surface area contributed by atoms with Crippen molar-refractivity contribution in [2.75, 3.05) is 20.1 Å². The Kier molecular flexibility index (Phi) is 5.68. The van der Waals surface area contributed by atoms with Crippen molar-refractivity contribution < 1.29 is 4.79 Å². The number of hydrogen-bond acceptors (Lipinski definition) is 3. The molecule has 1 N–H and O–H groups in total. The second kappa shape index (κ2) is 7.80. The van der Waals surface area contributed by atoms with Gasteiger partial charge in [-0.3, -0.25) is 9.48 Å². The van der Waals surface area contributed by atoms with Crippen molar-refractivity contribution in [1.82, 2.24) is 20.0 Å². The molecule has 1 aromatic heterocycles. The first-order valence-corrected chi connectivity index (χ1v) is 9.47. The molecule has 1 aliphatic rings. The van der Waals surface area contributed by atoms with Gasteiger partial charge in [-0.2, -0.15) is 5.10 Å². The van der Waals surface area contributed by atoms with Gasteiger partial charge in [0.05, 0.1) is 12.1 Å². The fourth-order valence-electron chi connectivity index (χ4n) is 3.76. The second-order valence-corrected chi connectivity index (χ2v) is 7.78. The summed E-state index contributed by atoms with van der Waals surface area (Å²) in [6, 6.07) is 7.98. The topological polar surface area (TPSA) is 50.2 Å². The zero-order chi connectivity index (χ0) is 18.8. The summed E-state index contributed by atoms with van der Waals surface area (Å²) >= 11 is 5.99.